The van der Waals surface area contributed by atoms with Gasteiger partial charge < -0.3 is 10.2 Å². The Morgan fingerprint density at radius 3 is 2.94 bits per heavy atom. The fourth-order valence-corrected chi connectivity index (χ4v) is 1.91. The molecule has 0 atom stereocenters. The Balaban J connectivity index is 2.36. The van der Waals surface area contributed by atoms with Gasteiger partial charge in [0.1, 0.15) is 16.5 Å². The number of nitrogens with zero attached hydrogens (tertiary/aromatic N) is 3. The number of carbonyl (C=O) groups is 1. The van der Waals surface area contributed by atoms with Crippen molar-refractivity contribution < 1.29 is 4.79 Å². The van der Waals surface area contributed by atoms with E-state index in [1.807, 2.05) is 18.7 Å². The van der Waals surface area contributed by atoms with Gasteiger partial charge in [-0.3, -0.25) is 9.78 Å². The predicted octanol–water partition coefficient (Wildman–Crippen LogP) is 0.845. The van der Waals surface area contributed by atoms with Gasteiger partial charge in [0.15, 0.2) is 0 Å². The van der Waals surface area contributed by atoms with E-state index in [0.29, 0.717) is 24.1 Å². The second-order valence-electron chi connectivity index (χ2n) is 4.17. The van der Waals surface area contributed by atoms with Gasteiger partial charge in [-0.05, 0) is 13.8 Å². The number of piperazine rings is 1. The summed E-state index contributed by atoms with van der Waals surface area (Å²) in [7, 11) is 0. The molecule has 1 saturated heterocycles. The van der Waals surface area contributed by atoms with E-state index in [4.69, 9.17) is 11.6 Å². The highest BCUT2D eigenvalue weighted by Gasteiger charge is 2.38. The smallest absolute Gasteiger partial charge is 0.245 e. The van der Waals surface area contributed by atoms with Crippen LogP contribution in [-0.2, 0) is 4.79 Å². The van der Waals surface area contributed by atoms with Gasteiger partial charge in [-0.15, -0.1) is 0 Å². The summed E-state index contributed by atoms with van der Waals surface area (Å²) >= 11 is 5.79. The number of amides is 1. The summed E-state index contributed by atoms with van der Waals surface area (Å²) in [6, 6.07) is 0. The third-order valence-electron chi connectivity index (χ3n) is 2.72. The van der Waals surface area contributed by atoms with E-state index in [-0.39, 0.29) is 5.91 Å². The first kappa shape index (κ1) is 11.1. The molecule has 2 rings (SSSR count). The van der Waals surface area contributed by atoms with Crippen molar-refractivity contribution >= 4 is 23.3 Å². The van der Waals surface area contributed by atoms with Crippen molar-refractivity contribution in [3.63, 3.8) is 0 Å². The van der Waals surface area contributed by atoms with Gasteiger partial charge in [0.2, 0.25) is 5.91 Å². The Labute approximate surface area is 98.8 Å². The van der Waals surface area contributed by atoms with Gasteiger partial charge >= 0.3 is 0 Å². The maximum atomic E-state index is 11.8. The average Bonchev–Trinajstić information content (AvgIpc) is 2.22. The van der Waals surface area contributed by atoms with Crippen molar-refractivity contribution in [2.45, 2.75) is 19.4 Å². The first-order valence-electron chi connectivity index (χ1n) is 5.05. The van der Waals surface area contributed by atoms with Crippen LogP contribution in [0.1, 0.15) is 13.8 Å². The fourth-order valence-electron chi connectivity index (χ4n) is 1.76. The molecule has 1 amide bonds. The average molecular weight is 241 g/mol. The predicted molar refractivity (Wildman–Crippen MR) is 61.5 cm³/mol. The number of nitrogens with one attached hydrogen (secondary N) is 1. The van der Waals surface area contributed by atoms with Crippen LogP contribution in [0.5, 0.6) is 0 Å². The summed E-state index contributed by atoms with van der Waals surface area (Å²) in [5.41, 5.74) is -0.627. The van der Waals surface area contributed by atoms with Crippen molar-refractivity contribution in [2.24, 2.45) is 0 Å². The molecule has 1 aliphatic rings. The van der Waals surface area contributed by atoms with Crippen LogP contribution in [0.3, 0.4) is 0 Å². The van der Waals surface area contributed by atoms with Crippen molar-refractivity contribution in [3.05, 3.63) is 17.5 Å². The Hall–Kier alpha value is -1.36. The van der Waals surface area contributed by atoms with Gasteiger partial charge in [0.25, 0.3) is 0 Å². The van der Waals surface area contributed by atoms with Crippen LogP contribution < -0.4 is 10.2 Å². The van der Waals surface area contributed by atoms with Crippen LogP contribution in [0, 0.1) is 0 Å². The zero-order valence-electron chi connectivity index (χ0n) is 9.20. The first-order chi connectivity index (χ1) is 7.51. The van der Waals surface area contributed by atoms with Crippen LogP contribution in [0.4, 0.5) is 5.82 Å². The molecule has 6 heteroatoms. The zero-order chi connectivity index (χ0) is 11.8. The molecule has 1 aromatic heterocycles. The number of halogens is 1. The van der Waals surface area contributed by atoms with Crippen molar-refractivity contribution in [1.82, 2.24) is 15.3 Å². The molecule has 86 valence electrons. The van der Waals surface area contributed by atoms with E-state index in [9.17, 15) is 4.79 Å². The lowest BCUT2D eigenvalue weighted by Crippen LogP contribution is -2.62. The Kier molecular flexibility index (Phi) is 2.71. The Morgan fingerprint density at radius 2 is 2.25 bits per heavy atom. The highest BCUT2D eigenvalue weighted by molar-refractivity contribution is 6.29. The third kappa shape index (κ3) is 1.82. The maximum Gasteiger partial charge on any atom is 0.245 e. The number of aromatic nitrogens is 2. The Bertz CT molecular complexity index is 421. The Morgan fingerprint density at radius 1 is 1.50 bits per heavy atom. The van der Waals surface area contributed by atoms with Crippen LogP contribution >= 0.6 is 11.6 Å². The van der Waals surface area contributed by atoms with Crippen molar-refractivity contribution in [2.75, 3.05) is 18.0 Å². The van der Waals surface area contributed by atoms with Gasteiger partial charge in [-0.25, -0.2) is 4.98 Å². The van der Waals surface area contributed by atoms with E-state index in [2.05, 4.69) is 15.3 Å². The second kappa shape index (κ2) is 3.90. The molecule has 0 bridgehead atoms. The van der Waals surface area contributed by atoms with Crippen LogP contribution in [0.25, 0.3) is 0 Å². The van der Waals surface area contributed by atoms with Gasteiger partial charge in [0.05, 0.1) is 12.4 Å². The van der Waals surface area contributed by atoms with Crippen LogP contribution in [0.15, 0.2) is 12.4 Å². The molecule has 0 radical (unpaired) electrons. The topological polar surface area (TPSA) is 58.1 Å². The molecule has 1 N–H and O–H groups in total. The molecular weight excluding hydrogens is 228 g/mol. The molecular formula is C10H13ClN4O. The molecule has 5 nitrogen and oxygen atoms in total. The standard InChI is InChI=1S/C10H13ClN4O/c1-10(2)9(16)13-3-4-15(10)8-6-12-5-7(11)14-8/h5-6H,3-4H2,1-2H3,(H,13,16). The third-order valence-corrected chi connectivity index (χ3v) is 2.90. The fraction of sp³-hybridized carbons (Fsp3) is 0.500. The van der Waals surface area contributed by atoms with E-state index in [1.54, 1.807) is 6.20 Å². The first-order valence-corrected chi connectivity index (χ1v) is 5.43. The second-order valence-corrected chi connectivity index (χ2v) is 4.55. The number of hydrogen-bond acceptors (Lipinski definition) is 4. The van der Waals surface area contributed by atoms with Gasteiger partial charge in [-0.2, -0.15) is 0 Å². The maximum absolute atomic E-state index is 11.8. The SMILES string of the molecule is CC1(C)C(=O)NCCN1c1cncc(Cl)n1. The monoisotopic (exact) mass is 240 g/mol. The number of hydrogen-bond donors (Lipinski definition) is 1. The largest absolute Gasteiger partial charge is 0.352 e. The minimum Gasteiger partial charge on any atom is -0.352 e. The highest BCUT2D eigenvalue weighted by Crippen LogP contribution is 2.24. The number of rotatable bonds is 1. The summed E-state index contributed by atoms with van der Waals surface area (Å²) < 4.78 is 0. The summed E-state index contributed by atoms with van der Waals surface area (Å²) in [6.07, 6.45) is 3.09. The summed E-state index contributed by atoms with van der Waals surface area (Å²) in [5.74, 6) is 0.618. The van der Waals surface area contributed by atoms with Crippen molar-refractivity contribution in [1.29, 1.82) is 0 Å². The van der Waals surface area contributed by atoms with E-state index in [0.717, 1.165) is 0 Å². The minimum atomic E-state index is -0.627. The van der Waals surface area contributed by atoms with Gasteiger partial charge in [-0.1, -0.05) is 11.6 Å². The van der Waals surface area contributed by atoms with E-state index >= 15 is 0 Å². The molecule has 16 heavy (non-hydrogen) atoms. The normalized spacial score (nSPS) is 19.4. The lowest BCUT2D eigenvalue weighted by Gasteiger charge is -2.41. The summed E-state index contributed by atoms with van der Waals surface area (Å²) in [5, 5.41) is 3.16. The van der Waals surface area contributed by atoms with E-state index < -0.39 is 5.54 Å². The van der Waals surface area contributed by atoms with Crippen LogP contribution in [-0.4, -0.2) is 34.5 Å². The molecule has 2 heterocycles. The molecule has 0 aliphatic carbocycles. The van der Waals surface area contributed by atoms with Crippen molar-refractivity contribution in [3.8, 4) is 0 Å². The molecule has 1 aromatic rings. The summed E-state index contributed by atoms with van der Waals surface area (Å²) in [6.45, 7) is 5.01. The lowest BCUT2D eigenvalue weighted by molar-refractivity contribution is -0.126. The number of anilines is 1. The lowest BCUT2D eigenvalue weighted by atomic mass is 9.99. The zero-order valence-corrected chi connectivity index (χ0v) is 9.95. The molecule has 0 saturated carbocycles. The summed E-state index contributed by atoms with van der Waals surface area (Å²) in [4.78, 5) is 21.8. The van der Waals surface area contributed by atoms with E-state index in [1.165, 1.54) is 6.20 Å². The molecule has 0 spiro atoms. The number of carbonyl (C=O) groups excluding carboxylic acids is 1. The minimum absolute atomic E-state index is 0.0134. The molecule has 1 fully saturated rings. The van der Waals surface area contributed by atoms with Gasteiger partial charge in [0, 0.05) is 13.1 Å². The quantitative estimate of drug-likeness (QED) is 0.791. The molecule has 0 aromatic carbocycles. The highest BCUT2D eigenvalue weighted by atomic mass is 35.5. The van der Waals surface area contributed by atoms with Crippen LogP contribution in [0.2, 0.25) is 5.15 Å². The molecule has 0 unspecified atom stereocenters. The molecule has 1 aliphatic heterocycles.